The Labute approximate surface area is 98.8 Å². The summed E-state index contributed by atoms with van der Waals surface area (Å²) in [6.07, 6.45) is 0. The zero-order valence-corrected chi connectivity index (χ0v) is 8.88. The lowest BCUT2D eigenvalue weighted by Gasteiger charge is -2.06. The predicted octanol–water partition coefficient (Wildman–Crippen LogP) is 2.57. The molecule has 0 spiro atoms. The molecular weight excluding hydrogens is 212 g/mol. The van der Waals surface area contributed by atoms with Gasteiger partial charge in [0.2, 0.25) is 0 Å². The van der Waals surface area contributed by atoms with Crippen LogP contribution in [-0.4, -0.2) is 4.98 Å². The maximum absolute atomic E-state index is 8.93. The van der Waals surface area contributed by atoms with E-state index in [2.05, 4.69) is 16.4 Å². The van der Waals surface area contributed by atoms with E-state index in [-0.39, 0.29) is 0 Å². The van der Waals surface area contributed by atoms with Crippen LogP contribution >= 0.6 is 0 Å². The summed E-state index contributed by atoms with van der Waals surface area (Å²) in [5, 5.41) is 20.7. The fraction of sp³-hybridized carbons (Fsp3) is 0. The van der Waals surface area contributed by atoms with Gasteiger partial charge in [-0.1, -0.05) is 18.2 Å². The molecule has 0 bridgehead atoms. The van der Waals surface area contributed by atoms with Crippen molar-refractivity contribution in [1.82, 2.24) is 4.98 Å². The molecule has 0 saturated carbocycles. The van der Waals surface area contributed by atoms with Crippen LogP contribution in [0.25, 0.3) is 0 Å². The van der Waals surface area contributed by atoms with Gasteiger partial charge in [0, 0.05) is 0 Å². The Morgan fingerprint density at radius 1 is 0.941 bits per heavy atom. The van der Waals surface area contributed by atoms with Crippen molar-refractivity contribution in [2.45, 2.75) is 0 Å². The van der Waals surface area contributed by atoms with E-state index in [0.29, 0.717) is 22.8 Å². The van der Waals surface area contributed by atoms with E-state index in [9.17, 15) is 0 Å². The molecule has 0 aliphatic carbocycles. The average molecular weight is 220 g/mol. The molecule has 2 aromatic rings. The number of anilines is 2. The Morgan fingerprint density at radius 3 is 2.53 bits per heavy atom. The largest absolute Gasteiger partial charge is 0.339 e. The van der Waals surface area contributed by atoms with Crippen molar-refractivity contribution in [2.75, 3.05) is 5.32 Å². The quantitative estimate of drug-likeness (QED) is 0.844. The minimum absolute atomic E-state index is 0.337. The zero-order valence-electron chi connectivity index (χ0n) is 8.88. The number of hydrogen-bond acceptors (Lipinski definition) is 4. The molecule has 0 atom stereocenters. The third-order valence-corrected chi connectivity index (χ3v) is 2.17. The maximum Gasteiger partial charge on any atom is 0.142 e. The second kappa shape index (κ2) is 4.78. The van der Waals surface area contributed by atoms with Crippen LogP contribution in [0.1, 0.15) is 11.3 Å². The van der Waals surface area contributed by atoms with Gasteiger partial charge >= 0.3 is 0 Å². The van der Waals surface area contributed by atoms with Crippen molar-refractivity contribution in [2.24, 2.45) is 0 Å². The summed E-state index contributed by atoms with van der Waals surface area (Å²) in [5.41, 5.74) is 1.55. The van der Waals surface area contributed by atoms with Crippen LogP contribution < -0.4 is 5.32 Å². The molecule has 1 N–H and O–H groups in total. The smallest absolute Gasteiger partial charge is 0.142 e. The first-order valence-corrected chi connectivity index (χ1v) is 4.97. The molecular formula is C13H8N4. The van der Waals surface area contributed by atoms with Gasteiger partial charge in [-0.3, -0.25) is 0 Å². The Hall–Kier alpha value is -2.85. The fourth-order valence-corrected chi connectivity index (χ4v) is 1.39. The Kier molecular flexibility index (Phi) is 3.00. The van der Waals surface area contributed by atoms with Crippen LogP contribution in [-0.2, 0) is 0 Å². The molecule has 0 fully saturated rings. The monoisotopic (exact) mass is 220 g/mol. The van der Waals surface area contributed by atoms with Gasteiger partial charge in [0.25, 0.3) is 0 Å². The molecule has 0 aliphatic rings. The van der Waals surface area contributed by atoms with Crippen LogP contribution in [0.3, 0.4) is 0 Å². The van der Waals surface area contributed by atoms with Crippen LogP contribution in [0, 0.1) is 22.7 Å². The molecule has 0 unspecified atom stereocenters. The van der Waals surface area contributed by atoms with Crippen molar-refractivity contribution in [3.63, 3.8) is 0 Å². The number of nitriles is 2. The number of nitrogens with one attached hydrogen (secondary N) is 1. The second-order valence-electron chi connectivity index (χ2n) is 3.30. The van der Waals surface area contributed by atoms with E-state index in [1.165, 1.54) is 0 Å². The molecule has 0 aliphatic heterocycles. The summed E-state index contributed by atoms with van der Waals surface area (Å²) in [5.74, 6) is 0.548. The fourth-order valence-electron chi connectivity index (χ4n) is 1.39. The lowest BCUT2D eigenvalue weighted by molar-refractivity contribution is 1.25. The van der Waals surface area contributed by atoms with E-state index in [0.717, 1.165) is 0 Å². The summed E-state index contributed by atoms with van der Waals surface area (Å²) in [4.78, 5) is 4.08. The molecule has 2 rings (SSSR count). The first kappa shape index (κ1) is 10.7. The summed E-state index contributed by atoms with van der Waals surface area (Å²) < 4.78 is 0. The van der Waals surface area contributed by atoms with Gasteiger partial charge < -0.3 is 5.32 Å². The number of nitrogens with zero attached hydrogens (tertiary/aromatic N) is 3. The molecule has 4 nitrogen and oxygen atoms in total. The summed E-state index contributed by atoms with van der Waals surface area (Å²) >= 11 is 0. The molecule has 1 aromatic carbocycles. The second-order valence-corrected chi connectivity index (χ2v) is 3.30. The van der Waals surface area contributed by atoms with Gasteiger partial charge in [0.15, 0.2) is 0 Å². The number of rotatable bonds is 2. The Morgan fingerprint density at radius 2 is 1.76 bits per heavy atom. The predicted molar refractivity (Wildman–Crippen MR) is 63.4 cm³/mol. The highest BCUT2D eigenvalue weighted by atomic mass is 15.0. The lowest BCUT2D eigenvalue weighted by Crippen LogP contribution is -1.96. The van der Waals surface area contributed by atoms with Gasteiger partial charge in [-0.15, -0.1) is 0 Å². The number of pyridine rings is 1. The normalized spacial score (nSPS) is 9.06. The van der Waals surface area contributed by atoms with Gasteiger partial charge in [-0.05, 0) is 24.3 Å². The van der Waals surface area contributed by atoms with E-state index in [4.69, 9.17) is 10.5 Å². The van der Waals surface area contributed by atoms with E-state index >= 15 is 0 Å². The lowest BCUT2D eigenvalue weighted by atomic mass is 10.2. The van der Waals surface area contributed by atoms with Gasteiger partial charge in [0.1, 0.15) is 23.7 Å². The number of benzene rings is 1. The van der Waals surface area contributed by atoms with Crippen LogP contribution in [0.4, 0.5) is 11.5 Å². The number of aromatic nitrogens is 1. The third kappa shape index (κ3) is 2.39. The zero-order chi connectivity index (χ0) is 12.1. The minimum atomic E-state index is 0.337. The topological polar surface area (TPSA) is 72.5 Å². The summed E-state index contributed by atoms with van der Waals surface area (Å²) in [6.45, 7) is 0. The summed E-state index contributed by atoms with van der Waals surface area (Å²) in [6, 6.07) is 16.3. The van der Waals surface area contributed by atoms with Gasteiger partial charge in [-0.25, -0.2) is 4.98 Å². The van der Waals surface area contributed by atoms with Crippen molar-refractivity contribution in [3.05, 3.63) is 53.7 Å². The minimum Gasteiger partial charge on any atom is -0.339 e. The van der Waals surface area contributed by atoms with E-state index in [1.807, 2.05) is 12.1 Å². The van der Waals surface area contributed by atoms with E-state index in [1.54, 1.807) is 36.4 Å². The molecule has 0 amide bonds. The van der Waals surface area contributed by atoms with Crippen LogP contribution in [0.2, 0.25) is 0 Å². The van der Waals surface area contributed by atoms with Crippen molar-refractivity contribution < 1.29 is 0 Å². The molecule has 80 valence electrons. The summed E-state index contributed by atoms with van der Waals surface area (Å²) in [7, 11) is 0. The molecule has 17 heavy (non-hydrogen) atoms. The molecule has 1 aromatic heterocycles. The highest BCUT2D eigenvalue weighted by molar-refractivity contribution is 5.64. The first-order valence-electron chi connectivity index (χ1n) is 4.97. The Bertz CT molecular complexity index is 620. The molecule has 4 heteroatoms. The van der Waals surface area contributed by atoms with Crippen LogP contribution in [0.5, 0.6) is 0 Å². The standard InChI is InChI=1S/C13H8N4/c14-8-10-4-1-2-6-12(10)17-13-7-3-5-11(9-15)16-13/h1-7H,(H,16,17). The maximum atomic E-state index is 8.93. The van der Waals surface area contributed by atoms with Gasteiger partial charge in [-0.2, -0.15) is 10.5 Å². The van der Waals surface area contributed by atoms with E-state index < -0.39 is 0 Å². The van der Waals surface area contributed by atoms with Crippen molar-refractivity contribution in [1.29, 1.82) is 10.5 Å². The SMILES string of the molecule is N#Cc1cccc(Nc2ccccc2C#N)n1. The number of para-hydroxylation sites is 1. The third-order valence-electron chi connectivity index (χ3n) is 2.17. The first-order chi connectivity index (χ1) is 8.33. The van der Waals surface area contributed by atoms with Crippen molar-refractivity contribution >= 4 is 11.5 Å². The molecule has 1 heterocycles. The Balaban J connectivity index is 2.32. The highest BCUT2D eigenvalue weighted by Crippen LogP contribution is 2.18. The number of hydrogen-bond donors (Lipinski definition) is 1. The average Bonchev–Trinajstić information content (AvgIpc) is 2.39. The molecule has 0 saturated heterocycles. The molecule has 0 radical (unpaired) electrons. The highest BCUT2D eigenvalue weighted by Gasteiger charge is 2.02. The van der Waals surface area contributed by atoms with Gasteiger partial charge in [0.05, 0.1) is 11.3 Å². The van der Waals surface area contributed by atoms with Crippen LogP contribution in [0.15, 0.2) is 42.5 Å². The van der Waals surface area contributed by atoms with Crippen molar-refractivity contribution in [3.8, 4) is 12.1 Å².